The highest BCUT2D eigenvalue weighted by molar-refractivity contribution is 7.91. The normalized spacial score (nSPS) is 20.9. The summed E-state index contributed by atoms with van der Waals surface area (Å²) < 4.78 is 28.0. The van der Waals surface area contributed by atoms with Gasteiger partial charge in [-0.05, 0) is 54.0 Å². The van der Waals surface area contributed by atoms with Crippen molar-refractivity contribution < 1.29 is 8.42 Å². The SMILES string of the molecule is CC(C)NCc1csc(S(=O)(=O)NCC2(C3CC3)CC2)c1. The maximum absolute atomic E-state index is 12.4. The first-order chi connectivity index (χ1) is 9.91. The largest absolute Gasteiger partial charge is 0.310 e. The minimum Gasteiger partial charge on any atom is -0.310 e. The molecule has 0 radical (unpaired) electrons. The molecular weight excluding hydrogens is 304 g/mol. The minimum atomic E-state index is -3.34. The molecule has 0 atom stereocenters. The molecule has 0 bridgehead atoms. The van der Waals surface area contributed by atoms with Crippen molar-refractivity contribution in [2.75, 3.05) is 6.54 Å². The third-order valence-corrected chi connectivity index (χ3v) is 7.45. The van der Waals surface area contributed by atoms with Gasteiger partial charge in [-0.1, -0.05) is 13.8 Å². The van der Waals surface area contributed by atoms with Crippen molar-refractivity contribution in [2.45, 2.75) is 56.3 Å². The van der Waals surface area contributed by atoms with Gasteiger partial charge in [0.05, 0.1) is 0 Å². The zero-order chi connectivity index (χ0) is 15.1. The molecule has 0 aliphatic heterocycles. The fraction of sp³-hybridized carbons (Fsp3) is 0.733. The minimum absolute atomic E-state index is 0.298. The van der Waals surface area contributed by atoms with Crippen LogP contribution < -0.4 is 10.0 Å². The zero-order valence-corrected chi connectivity index (χ0v) is 14.3. The quantitative estimate of drug-likeness (QED) is 0.771. The van der Waals surface area contributed by atoms with E-state index in [0.29, 0.717) is 22.2 Å². The zero-order valence-electron chi connectivity index (χ0n) is 12.7. The van der Waals surface area contributed by atoms with Crippen LogP contribution in [0.3, 0.4) is 0 Å². The Balaban J connectivity index is 1.59. The lowest BCUT2D eigenvalue weighted by molar-refractivity contribution is 0.432. The van der Waals surface area contributed by atoms with Gasteiger partial charge in [0, 0.05) is 19.1 Å². The van der Waals surface area contributed by atoms with E-state index in [1.54, 1.807) is 6.07 Å². The summed E-state index contributed by atoms with van der Waals surface area (Å²) in [5.74, 6) is 0.773. The second kappa shape index (κ2) is 5.65. The average Bonchev–Trinajstić information content (AvgIpc) is 3.32. The van der Waals surface area contributed by atoms with E-state index in [2.05, 4.69) is 23.9 Å². The molecule has 2 N–H and O–H groups in total. The molecule has 1 aromatic heterocycles. The highest BCUT2D eigenvalue weighted by Crippen LogP contribution is 2.60. The lowest BCUT2D eigenvalue weighted by Gasteiger charge is -2.14. The van der Waals surface area contributed by atoms with Crippen LogP contribution in [0.1, 0.15) is 45.1 Å². The highest BCUT2D eigenvalue weighted by atomic mass is 32.2. The van der Waals surface area contributed by atoms with Crippen molar-refractivity contribution in [3.8, 4) is 0 Å². The molecule has 118 valence electrons. The third kappa shape index (κ3) is 3.67. The first-order valence-corrected chi connectivity index (χ1v) is 10.1. The van der Waals surface area contributed by atoms with Gasteiger partial charge in [-0.15, -0.1) is 11.3 Å². The molecule has 4 nitrogen and oxygen atoms in total. The lowest BCUT2D eigenvalue weighted by atomic mass is 10.0. The predicted octanol–water partition coefficient (Wildman–Crippen LogP) is 2.71. The lowest BCUT2D eigenvalue weighted by Crippen LogP contribution is -2.30. The Morgan fingerprint density at radius 1 is 1.38 bits per heavy atom. The molecule has 1 aromatic rings. The highest BCUT2D eigenvalue weighted by Gasteiger charge is 2.53. The van der Waals surface area contributed by atoms with Gasteiger partial charge in [0.2, 0.25) is 10.0 Å². The van der Waals surface area contributed by atoms with Gasteiger partial charge in [0.1, 0.15) is 4.21 Å². The van der Waals surface area contributed by atoms with E-state index in [4.69, 9.17) is 0 Å². The Morgan fingerprint density at radius 2 is 2.10 bits per heavy atom. The van der Waals surface area contributed by atoms with Crippen LogP contribution in [-0.4, -0.2) is 21.0 Å². The topological polar surface area (TPSA) is 58.2 Å². The molecule has 0 amide bonds. The van der Waals surface area contributed by atoms with Gasteiger partial charge in [-0.3, -0.25) is 0 Å². The number of rotatable bonds is 8. The Kier molecular flexibility index (Phi) is 4.16. The molecule has 0 unspecified atom stereocenters. The molecule has 2 aliphatic carbocycles. The number of nitrogens with one attached hydrogen (secondary N) is 2. The molecular formula is C15H24N2O2S2. The maximum atomic E-state index is 12.4. The summed E-state index contributed by atoms with van der Waals surface area (Å²) in [6.45, 7) is 5.50. The average molecular weight is 329 g/mol. The molecule has 0 aromatic carbocycles. The van der Waals surface area contributed by atoms with E-state index in [1.165, 1.54) is 37.0 Å². The first-order valence-electron chi connectivity index (χ1n) is 7.72. The van der Waals surface area contributed by atoms with Crippen LogP contribution in [0.2, 0.25) is 0 Å². The number of hydrogen-bond acceptors (Lipinski definition) is 4. The monoisotopic (exact) mass is 328 g/mol. The van der Waals surface area contributed by atoms with Crippen LogP contribution in [-0.2, 0) is 16.6 Å². The summed E-state index contributed by atoms with van der Waals surface area (Å²) >= 11 is 1.31. The number of sulfonamides is 1. The van der Waals surface area contributed by atoms with E-state index in [0.717, 1.165) is 18.0 Å². The van der Waals surface area contributed by atoms with E-state index >= 15 is 0 Å². The molecule has 2 saturated carbocycles. The Hall–Kier alpha value is -0.430. The first kappa shape index (κ1) is 15.5. The van der Waals surface area contributed by atoms with Crippen molar-refractivity contribution in [2.24, 2.45) is 11.3 Å². The third-order valence-electron chi connectivity index (χ3n) is 4.56. The molecule has 1 heterocycles. The van der Waals surface area contributed by atoms with Crippen LogP contribution in [0.5, 0.6) is 0 Å². The Bertz CT molecular complexity index is 599. The van der Waals surface area contributed by atoms with Gasteiger partial charge in [-0.25, -0.2) is 13.1 Å². The van der Waals surface area contributed by atoms with Crippen molar-refractivity contribution in [1.29, 1.82) is 0 Å². The Labute approximate surface area is 131 Å². The van der Waals surface area contributed by atoms with Crippen LogP contribution >= 0.6 is 11.3 Å². The Morgan fingerprint density at radius 3 is 2.67 bits per heavy atom. The molecule has 2 fully saturated rings. The van der Waals surface area contributed by atoms with E-state index in [-0.39, 0.29) is 0 Å². The molecule has 0 saturated heterocycles. The van der Waals surface area contributed by atoms with E-state index in [1.807, 2.05) is 5.38 Å². The smallest absolute Gasteiger partial charge is 0.250 e. The van der Waals surface area contributed by atoms with Gasteiger partial charge in [0.25, 0.3) is 0 Å². The summed E-state index contributed by atoms with van der Waals surface area (Å²) in [4.78, 5) is 0. The van der Waals surface area contributed by atoms with E-state index < -0.39 is 10.0 Å². The second-order valence-corrected chi connectivity index (χ2v) is 9.68. The summed E-state index contributed by atoms with van der Waals surface area (Å²) in [7, 11) is -3.34. The maximum Gasteiger partial charge on any atom is 0.250 e. The van der Waals surface area contributed by atoms with Gasteiger partial charge < -0.3 is 5.32 Å². The summed E-state index contributed by atoms with van der Waals surface area (Å²) in [6, 6.07) is 2.19. The van der Waals surface area contributed by atoms with Crippen LogP contribution in [0, 0.1) is 11.3 Å². The van der Waals surface area contributed by atoms with Crippen molar-refractivity contribution in [1.82, 2.24) is 10.0 Å². The van der Waals surface area contributed by atoms with Gasteiger partial charge in [0.15, 0.2) is 0 Å². The van der Waals surface area contributed by atoms with Gasteiger partial charge in [-0.2, -0.15) is 0 Å². The number of hydrogen-bond donors (Lipinski definition) is 2. The molecule has 0 spiro atoms. The molecule has 2 aliphatic rings. The number of thiophene rings is 1. The summed E-state index contributed by atoms with van der Waals surface area (Å²) in [5.41, 5.74) is 1.34. The predicted molar refractivity (Wildman–Crippen MR) is 85.9 cm³/mol. The van der Waals surface area contributed by atoms with Crippen LogP contribution in [0.15, 0.2) is 15.7 Å². The van der Waals surface area contributed by atoms with Crippen molar-refractivity contribution in [3.63, 3.8) is 0 Å². The van der Waals surface area contributed by atoms with Crippen molar-refractivity contribution in [3.05, 3.63) is 17.0 Å². The molecule has 3 rings (SSSR count). The van der Waals surface area contributed by atoms with Crippen molar-refractivity contribution >= 4 is 21.4 Å². The molecule has 21 heavy (non-hydrogen) atoms. The summed E-state index contributed by atoms with van der Waals surface area (Å²) in [6.07, 6.45) is 4.94. The second-order valence-electron chi connectivity index (χ2n) is 6.77. The van der Waals surface area contributed by atoms with E-state index in [9.17, 15) is 8.42 Å². The van der Waals surface area contributed by atoms with Crippen LogP contribution in [0.4, 0.5) is 0 Å². The molecule has 6 heteroatoms. The summed E-state index contributed by atoms with van der Waals surface area (Å²) in [5, 5.41) is 5.24. The van der Waals surface area contributed by atoms with Crippen LogP contribution in [0.25, 0.3) is 0 Å². The fourth-order valence-electron chi connectivity index (χ4n) is 2.80. The van der Waals surface area contributed by atoms with Gasteiger partial charge >= 0.3 is 0 Å². The fourth-order valence-corrected chi connectivity index (χ4v) is 5.20. The standard InChI is InChI=1S/C15H24N2O2S2/c1-11(2)16-8-12-7-14(20-9-12)21(18,19)17-10-15(5-6-15)13-3-4-13/h7,9,11,13,16-17H,3-6,8,10H2,1-2H3.